The Labute approximate surface area is 68.1 Å². The monoisotopic (exact) mass is 152 g/mol. The Morgan fingerprint density at radius 3 is 2.73 bits per heavy atom. The minimum atomic E-state index is -0.155. The van der Waals surface area contributed by atoms with Gasteiger partial charge in [0.25, 0.3) is 0 Å². The zero-order chi connectivity index (χ0) is 8.22. The van der Waals surface area contributed by atoms with Crippen LogP contribution in [0.2, 0.25) is 0 Å². The molecule has 0 aromatic rings. The molecule has 2 rings (SSSR count). The molecule has 1 saturated carbocycles. The van der Waals surface area contributed by atoms with E-state index in [9.17, 15) is 5.11 Å². The van der Waals surface area contributed by atoms with Gasteiger partial charge in [0.1, 0.15) is 0 Å². The van der Waals surface area contributed by atoms with Crippen molar-refractivity contribution >= 4 is 0 Å². The van der Waals surface area contributed by atoms with E-state index in [2.05, 4.69) is 19.9 Å². The van der Waals surface area contributed by atoms with Gasteiger partial charge in [-0.1, -0.05) is 19.9 Å². The van der Waals surface area contributed by atoms with E-state index in [1.165, 1.54) is 5.57 Å². The van der Waals surface area contributed by atoms with Gasteiger partial charge in [0.15, 0.2) is 0 Å². The molecule has 1 N–H and O–H groups in total. The standard InChI is InChI=1S/C10H16O/c1-6-4-7-8(5-9(6)11)10(7,2)3/h4,7-9,11H,5H2,1-3H3/t7-,8?,9?/m1/s1. The molecule has 1 heteroatoms. The van der Waals surface area contributed by atoms with Gasteiger partial charge in [0, 0.05) is 0 Å². The van der Waals surface area contributed by atoms with Crippen LogP contribution in [0.15, 0.2) is 11.6 Å². The van der Waals surface area contributed by atoms with E-state index in [4.69, 9.17) is 0 Å². The molecule has 2 aliphatic rings. The fourth-order valence-corrected chi connectivity index (χ4v) is 2.39. The van der Waals surface area contributed by atoms with Gasteiger partial charge in [-0.05, 0) is 36.2 Å². The van der Waals surface area contributed by atoms with Gasteiger partial charge in [0.2, 0.25) is 0 Å². The molecule has 0 bridgehead atoms. The number of hydrogen-bond donors (Lipinski definition) is 1. The molecule has 0 spiro atoms. The molecule has 0 radical (unpaired) electrons. The Kier molecular flexibility index (Phi) is 1.26. The van der Waals surface area contributed by atoms with Crippen LogP contribution in [-0.4, -0.2) is 11.2 Å². The minimum absolute atomic E-state index is 0.155. The molecule has 2 unspecified atom stereocenters. The fraction of sp³-hybridized carbons (Fsp3) is 0.800. The van der Waals surface area contributed by atoms with Crippen molar-refractivity contribution in [3.63, 3.8) is 0 Å². The highest BCUT2D eigenvalue weighted by molar-refractivity contribution is 5.25. The summed E-state index contributed by atoms with van der Waals surface area (Å²) in [5.74, 6) is 1.51. The summed E-state index contributed by atoms with van der Waals surface area (Å²) < 4.78 is 0. The van der Waals surface area contributed by atoms with Gasteiger partial charge in [0.05, 0.1) is 6.10 Å². The largest absolute Gasteiger partial charge is 0.389 e. The van der Waals surface area contributed by atoms with Gasteiger partial charge in [-0.2, -0.15) is 0 Å². The predicted octanol–water partition coefficient (Wildman–Crippen LogP) is 1.97. The highest BCUT2D eigenvalue weighted by Gasteiger charge is 2.58. The highest BCUT2D eigenvalue weighted by atomic mass is 16.3. The summed E-state index contributed by atoms with van der Waals surface area (Å²) in [6.07, 6.45) is 3.09. The van der Waals surface area contributed by atoms with E-state index in [-0.39, 0.29) is 6.10 Å². The summed E-state index contributed by atoms with van der Waals surface area (Å²) in [7, 11) is 0. The molecular weight excluding hydrogens is 136 g/mol. The van der Waals surface area contributed by atoms with Crippen LogP contribution < -0.4 is 0 Å². The molecule has 1 nitrogen and oxygen atoms in total. The number of allylic oxidation sites excluding steroid dienone is 1. The van der Waals surface area contributed by atoms with Crippen molar-refractivity contribution in [3.8, 4) is 0 Å². The van der Waals surface area contributed by atoms with Crippen molar-refractivity contribution in [1.82, 2.24) is 0 Å². The van der Waals surface area contributed by atoms with Crippen molar-refractivity contribution in [1.29, 1.82) is 0 Å². The maximum Gasteiger partial charge on any atom is 0.0750 e. The van der Waals surface area contributed by atoms with E-state index < -0.39 is 0 Å². The number of aliphatic hydroxyl groups is 1. The van der Waals surface area contributed by atoms with E-state index >= 15 is 0 Å². The highest BCUT2D eigenvalue weighted by Crippen LogP contribution is 2.63. The van der Waals surface area contributed by atoms with E-state index in [0.717, 1.165) is 18.3 Å². The second kappa shape index (κ2) is 1.89. The zero-order valence-corrected chi connectivity index (χ0v) is 7.46. The summed E-state index contributed by atoms with van der Waals surface area (Å²) in [4.78, 5) is 0. The lowest BCUT2D eigenvalue weighted by molar-refractivity contribution is 0.182. The normalized spacial score (nSPS) is 46.2. The van der Waals surface area contributed by atoms with Gasteiger partial charge in [-0.3, -0.25) is 0 Å². The van der Waals surface area contributed by atoms with Crippen LogP contribution in [0.25, 0.3) is 0 Å². The smallest absolute Gasteiger partial charge is 0.0750 e. The molecule has 2 aliphatic carbocycles. The first-order chi connectivity index (χ1) is 5.03. The van der Waals surface area contributed by atoms with Crippen LogP contribution in [0.4, 0.5) is 0 Å². The first-order valence-electron chi connectivity index (χ1n) is 4.40. The Bertz CT molecular complexity index is 215. The lowest BCUT2D eigenvalue weighted by Crippen LogP contribution is -2.13. The Balaban J connectivity index is 2.22. The third-order valence-corrected chi connectivity index (χ3v) is 3.58. The zero-order valence-electron chi connectivity index (χ0n) is 7.46. The minimum Gasteiger partial charge on any atom is -0.389 e. The number of aliphatic hydroxyl groups excluding tert-OH is 1. The molecule has 0 aromatic carbocycles. The van der Waals surface area contributed by atoms with Crippen LogP contribution in [0.5, 0.6) is 0 Å². The summed E-state index contributed by atoms with van der Waals surface area (Å²) in [6.45, 7) is 6.63. The SMILES string of the molecule is CC1=C[C@@H]2C(CC1O)C2(C)C. The van der Waals surface area contributed by atoms with Crippen molar-refractivity contribution in [2.24, 2.45) is 17.3 Å². The van der Waals surface area contributed by atoms with Gasteiger partial charge < -0.3 is 5.11 Å². The number of hydrogen-bond acceptors (Lipinski definition) is 1. The molecule has 3 atom stereocenters. The van der Waals surface area contributed by atoms with E-state index in [0.29, 0.717) is 5.41 Å². The van der Waals surface area contributed by atoms with E-state index in [1.807, 2.05) is 6.92 Å². The molecule has 0 amide bonds. The van der Waals surface area contributed by atoms with Crippen LogP contribution in [-0.2, 0) is 0 Å². The lowest BCUT2D eigenvalue weighted by atomic mass is 9.98. The summed E-state index contributed by atoms with van der Waals surface area (Å²) in [5, 5.41) is 9.54. The first kappa shape index (κ1) is 7.35. The maximum atomic E-state index is 9.54. The van der Waals surface area contributed by atoms with Gasteiger partial charge >= 0.3 is 0 Å². The number of rotatable bonds is 0. The summed E-state index contributed by atoms with van der Waals surface area (Å²) in [5.41, 5.74) is 1.65. The van der Waals surface area contributed by atoms with Crippen LogP contribution >= 0.6 is 0 Å². The average molecular weight is 152 g/mol. The first-order valence-corrected chi connectivity index (χ1v) is 4.40. The maximum absolute atomic E-state index is 9.54. The van der Waals surface area contributed by atoms with Crippen LogP contribution in [0.1, 0.15) is 27.2 Å². The van der Waals surface area contributed by atoms with Gasteiger partial charge in [-0.15, -0.1) is 0 Å². The second-order valence-corrected chi connectivity index (χ2v) is 4.62. The summed E-state index contributed by atoms with van der Waals surface area (Å²) in [6, 6.07) is 0. The van der Waals surface area contributed by atoms with Crippen molar-refractivity contribution in [2.75, 3.05) is 0 Å². The molecular formula is C10H16O. The molecule has 0 aromatic heterocycles. The quantitative estimate of drug-likeness (QED) is 0.526. The van der Waals surface area contributed by atoms with Crippen molar-refractivity contribution < 1.29 is 5.11 Å². The van der Waals surface area contributed by atoms with Crippen molar-refractivity contribution in [3.05, 3.63) is 11.6 Å². The molecule has 0 heterocycles. The average Bonchev–Trinajstić information content (AvgIpc) is 2.39. The third kappa shape index (κ3) is 0.871. The predicted molar refractivity (Wildman–Crippen MR) is 45.1 cm³/mol. The topological polar surface area (TPSA) is 20.2 Å². The third-order valence-electron chi connectivity index (χ3n) is 3.58. The second-order valence-electron chi connectivity index (χ2n) is 4.62. The lowest BCUT2D eigenvalue weighted by Gasteiger charge is -2.14. The summed E-state index contributed by atoms with van der Waals surface area (Å²) >= 11 is 0. The number of fused-ring (bicyclic) bond motifs is 1. The molecule has 0 saturated heterocycles. The fourth-order valence-electron chi connectivity index (χ4n) is 2.39. The Morgan fingerprint density at radius 2 is 2.18 bits per heavy atom. The molecule has 11 heavy (non-hydrogen) atoms. The molecule has 62 valence electrons. The Hall–Kier alpha value is -0.300. The van der Waals surface area contributed by atoms with Gasteiger partial charge in [-0.25, -0.2) is 0 Å². The Morgan fingerprint density at radius 1 is 1.55 bits per heavy atom. The van der Waals surface area contributed by atoms with Crippen LogP contribution in [0.3, 0.4) is 0 Å². The van der Waals surface area contributed by atoms with Crippen molar-refractivity contribution in [2.45, 2.75) is 33.3 Å². The molecule has 0 aliphatic heterocycles. The van der Waals surface area contributed by atoms with E-state index in [1.54, 1.807) is 0 Å². The molecule has 1 fully saturated rings. The van der Waals surface area contributed by atoms with Crippen LogP contribution in [0, 0.1) is 17.3 Å².